The lowest BCUT2D eigenvalue weighted by atomic mass is 10.1. The maximum atomic E-state index is 12.5. The first-order chi connectivity index (χ1) is 9.16. The first-order valence-electron chi connectivity index (χ1n) is 5.02. The van der Waals surface area contributed by atoms with Crippen molar-refractivity contribution in [2.45, 2.75) is 6.18 Å². The third-order valence-corrected chi connectivity index (χ3v) is 2.53. The zero-order valence-electron chi connectivity index (χ0n) is 9.95. The number of nitrogens with zero attached hydrogens (tertiary/aromatic N) is 1. The molecule has 0 heterocycles. The number of ether oxygens (including phenoxy) is 1. The Labute approximate surface area is 115 Å². The number of nitro groups is 1. The van der Waals surface area contributed by atoms with Crippen LogP contribution in [0.15, 0.2) is 12.1 Å². The molecule has 6 nitrogen and oxygen atoms in total. The number of esters is 1. The van der Waals surface area contributed by atoms with E-state index in [2.05, 4.69) is 10.1 Å². The monoisotopic (exact) mass is 312 g/mol. The van der Waals surface area contributed by atoms with Crippen LogP contribution in [0.25, 0.3) is 0 Å². The molecule has 1 aromatic rings. The van der Waals surface area contributed by atoms with Crippen molar-refractivity contribution in [3.05, 3.63) is 32.8 Å². The highest BCUT2D eigenvalue weighted by Crippen LogP contribution is 2.39. The second-order valence-corrected chi connectivity index (χ2v) is 3.94. The fourth-order valence-corrected chi connectivity index (χ4v) is 1.59. The van der Waals surface area contributed by atoms with Crippen LogP contribution in [0, 0.1) is 10.1 Å². The number of methoxy groups -OCH3 is 1. The Bertz CT molecular complexity index is 548. The molecule has 0 radical (unpaired) electrons. The number of nitrogens with one attached hydrogen (secondary N) is 1. The van der Waals surface area contributed by atoms with Gasteiger partial charge in [-0.3, -0.25) is 14.9 Å². The molecule has 1 aromatic carbocycles. The van der Waals surface area contributed by atoms with Crippen molar-refractivity contribution in [1.82, 2.24) is 0 Å². The zero-order chi connectivity index (χ0) is 15.5. The number of halogens is 4. The van der Waals surface area contributed by atoms with E-state index < -0.39 is 39.9 Å². The zero-order valence-corrected chi connectivity index (χ0v) is 10.7. The van der Waals surface area contributed by atoms with Crippen LogP contribution in [-0.4, -0.2) is 24.5 Å². The van der Waals surface area contributed by atoms with E-state index in [1.54, 1.807) is 0 Å². The van der Waals surface area contributed by atoms with Crippen LogP contribution in [0.3, 0.4) is 0 Å². The van der Waals surface area contributed by atoms with E-state index in [1.807, 2.05) is 0 Å². The van der Waals surface area contributed by atoms with Gasteiger partial charge in [-0.1, -0.05) is 11.6 Å². The van der Waals surface area contributed by atoms with Gasteiger partial charge >= 0.3 is 12.1 Å². The normalized spacial score (nSPS) is 11.1. The number of alkyl halides is 3. The minimum absolute atomic E-state index is 0.339. The van der Waals surface area contributed by atoms with Gasteiger partial charge < -0.3 is 10.1 Å². The van der Waals surface area contributed by atoms with Crippen LogP contribution in [0.2, 0.25) is 5.02 Å². The molecule has 0 aliphatic heterocycles. The minimum atomic E-state index is -4.77. The third-order valence-electron chi connectivity index (χ3n) is 2.23. The molecular weight excluding hydrogens is 305 g/mol. The molecule has 0 aromatic heterocycles. The molecule has 20 heavy (non-hydrogen) atoms. The Morgan fingerprint density at radius 3 is 2.55 bits per heavy atom. The number of anilines is 1. The van der Waals surface area contributed by atoms with Gasteiger partial charge in [-0.2, -0.15) is 13.2 Å². The molecule has 10 heteroatoms. The van der Waals surface area contributed by atoms with Crippen LogP contribution in [0.5, 0.6) is 0 Å². The predicted octanol–water partition coefficient (Wildman–Crippen LogP) is 2.85. The van der Waals surface area contributed by atoms with E-state index in [9.17, 15) is 28.1 Å². The van der Waals surface area contributed by atoms with Crippen molar-refractivity contribution in [2.75, 3.05) is 19.0 Å². The Morgan fingerprint density at radius 2 is 2.10 bits per heavy atom. The second-order valence-electron chi connectivity index (χ2n) is 3.54. The Hall–Kier alpha value is -2.03. The average molecular weight is 313 g/mol. The highest BCUT2D eigenvalue weighted by Gasteiger charge is 2.34. The van der Waals surface area contributed by atoms with Crippen LogP contribution in [-0.2, 0) is 15.7 Å². The van der Waals surface area contributed by atoms with Crippen molar-refractivity contribution < 1.29 is 27.6 Å². The molecule has 0 saturated carbocycles. The van der Waals surface area contributed by atoms with Gasteiger partial charge in [-0.15, -0.1) is 0 Å². The van der Waals surface area contributed by atoms with E-state index in [1.165, 1.54) is 0 Å². The summed E-state index contributed by atoms with van der Waals surface area (Å²) in [5.74, 6) is -0.754. The quantitative estimate of drug-likeness (QED) is 0.525. The average Bonchev–Trinajstić information content (AvgIpc) is 2.34. The van der Waals surface area contributed by atoms with Gasteiger partial charge in [0.05, 0.1) is 22.6 Å². The van der Waals surface area contributed by atoms with Crippen LogP contribution >= 0.6 is 11.6 Å². The molecule has 0 bridgehead atoms. The molecule has 0 aliphatic rings. The summed E-state index contributed by atoms with van der Waals surface area (Å²) in [6.45, 7) is -0.470. The molecule has 1 rings (SSSR count). The maximum absolute atomic E-state index is 12.5. The summed E-state index contributed by atoms with van der Waals surface area (Å²) in [6.07, 6.45) is -4.77. The van der Waals surface area contributed by atoms with Crippen molar-refractivity contribution in [3.8, 4) is 0 Å². The van der Waals surface area contributed by atoms with Gasteiger partial charge in [-0.25, -0.2) is 0 Å². The van der Waals surface area contributed by atoms with E-state index in [0.29, 0.717) is 12.1 Å². The SMILES string of the molecule is COC(=O)CNc1c(Cl)cc(C(F)(F)F)cc1[N+](=O)[O-]. The fourth-order valence-electron chi connectivity index (χ4n) is 1.31. The van der Waals surface area contributed by atoms with Gasteiger partial charge in [-0.05, 0) is 6.07 Å². The highest BCUT2D eigenvalue weighted by molar-refractivity contribution is 6.33. The van der Waals surface area contributed by atoms with Gasteiger partial charge in [0, 0.05) is 6.07 Å². The number of nitro benzene ring substituents is 1. The summed E-state index contributed by atoms with van der Waals surface area (Å²) >= 11 is 5.59. The Morgan fingerprint density at radius 1 is 1.50 bits per heavy atom. The summed E-state index contributed by atoms with van der Waals surface area (Å²) in [5.41, 5.74) is -2.51. The first-order valence-corrected chi connectivity index (χ1v) is 5.40. The lowest BCUT2D eigenvalue weighted by Gasteiger charge is -2.12. The van der Waals surface area contributed by atoms with Crippen molar-refractivity contribution in [3.63, 3.8) is 0 Å². The highest BCUT2D eigenvalue weighted by atomic mass is 35.5. The molecule has 1 N–H and O–H groups in total. The van der Waals surface area contributed by atoms with E-state index >= 15 is 0 Å². The summed E-state index contributed by atoms with van der Waals surface area (Å²) in [5, 5.41) is 12.5. The molecule has 0 aliphatic carbocycles. The Kier molecular flexibility index (Phi) is 4.77. The standard InChI is InChI=1S/C10H8ClF3N2O4/c1-20-8(17)4-15-9-6(11)2-5(10(12,13)14)3-7(9)16(18)19/h2-3,15H,4H2,1H3. The van der Waals surface area contributed by atoms with Gasteiger partial charge in [0.25, 0.3) is 5.69 Å². The first kappa shape index (κ1) is 16.0. The largest absolute Gasteiger partial charge is 0.468 e. The maximum Gasteiger partial charge on any atom is 0.416 e. The summed E-state index contributed by atoms with van der Waals surface area (Å²) in [4.78, 5) is 20.7. The van der Waals surface area contributed by atoms with Crippen molar-refractivity contribution >= 4 is 28.9 Å². The molecule has 0 spiro atoms. The van der Waals surface area contributed by atoms with Gasteiger partial charge in [0.2, 0.25) is 0 Å². The number of carbonyl (C=O) groups excluding carboxylic acids is 1. The molecule has 0 saturated heterocycles. The molecule has 0 unspecified atom stereocenters. The molecular formula is C10H8ClF3N2O4. The van der Waals surface area contributed by atoms with Crippen molar-refractivity contribution in [1.29, 1.82) is 0 Å². The molecule has 0 amide bonds. The molecule has 0 fully saturated rings. The predicted molar refractivity (Wildman–Crippen MR) is 63.6 cm³/mol. The number of hydrogen-bond donors (Lipinski definition) is 1. The smallest absolute Gasteiger partial charge is 0.416 e. The molecule has 110 valence electrons. The van der Waals surface area contributed by atoms with Gasteiger partial charge in [0.15, 0.2) is 0 Å². The number of rotatable bonds is 4. The van der Waals surface area contributed by atoms with Crippen LogP contribution in [0.4, 0.5) is 24.5 Å². The number of hydrogen-bond acceptors (Lipinski definition) is 5. The lowest BCUT2D eigenvalue weighted by Crippen LogP contribution is -2.16. The lowest BCUT2D eigenvalue weighted by molar-refractivity contribution is -0.384. The van der Waals surface area contributed by atoms with Gasteiger partial charge in [0.1, 0.15) is 12.2 Å². The van der Waals surface area contributed by atoms with E-state index in [4.69, 9.17) is 11.6 Å². The number of benzene rings is 1. The topological polar surface area (TPSA) is 81.5 Å². The van der Waals surface area contributed by atoms with Crippen LogP contribution in [0.1, 0.15) is 5.56 Å². The summed E-state index contributed by atoms with van der Waals surface area (Å²) in [6, 6.07) is 0.875. The minimum Gasteiger partial charge on any atom is -0.468 e. The summed E-state index contributed by atoms with van der Waals surface area (Å²) in [7, 11) is 1.09. The summed E-state index contributed by atoms with van der Waals surface area (Å²) < 4.78 is 41.9. The number of carbonyl (C=O) groups is 1. The van der Waals surface area contributed by atoms with E-state index in [-0.39, 0.29) is 5.69 Å². The van der Waals surface area contributed by atoms with E-state index in [0.717, 1.165) is 7.11 Å². The van der Waals surface area contributed by atoms with Crippen LogP contribution < -0.4 is 5.32 Å². The Balaban J connectivity index is 3.23. The fraction of sp³-hybridized carbons (Fsp3) is 0.300. The van der Waals surface area contributed by atoms with Crippen molar-refractivity contribution in [2.24, 2.45) is 0 Å². The second kappa shape index (κ2) is 5.95. The molecule has 0 atom stereocenters. The third kappa shape index (κ3) is 3.73.